The van der Waals surface area contributed by atoms with E-state index in [0.29, 0.717) is 10.7 Å². The highest BCUT2D eigenvalue weighted by Crippen LogP contribution is 2.29. The Bertz CT molecular complexity index is 1010. The molecule has 0 saturated carbocycles. The Morgan fingerprint density at radius 2 is 1.77 bits per heavy atom. The first-order chi connectivity index (χ1) is 12.3. The minimum absolute atomic E-state index is 0.135. The maximum Gasteiger partial charge on any atom is 0.339 e. The normalized spacial score (nSPS) is 11.2. The third-order valence-corrected chi connectivity index (χ3v) is 5.70. The number of carbonyl (C=O) groups is 1. The Labute approximate surface area is 153 Å². The summed E-state index contributed by atoms with van der Waals surface area (Å²) < 4.78 is 28.5. The fourth-order valence-corrected chi connectivity index (χ4v) is 4.05. The predicted octanol–water partition coefficient (Wildman–Crippen LogP) is 1.93. The van der Waals surface area contributed by atoms with Crippen molar-refractivity contribution in [2.45, 2.75) is 18.7 Å². The van der Waals surface area contributed by atoms with Crippen molar-refractivity contribution in [1.82, 2.24) is 19.9 Å². The van der Waals surface area contributed by atoms with Crippen molar-refractivity contribution < 1.29 is 13.2 Å². The second kappa shape index (κ2) is 7.09. The maximum absolute atomic E-state index is 12.4. The van der Waals surface area contributed by atoms with Gasteiger partial charge in [-0.25, -0.2) is 28.3 Å². The van der Waals surface area contributed by atoms with Gasteiger partial charge in [0.05, 0.1) is 10.6 Å². The SMILES string of the molecule is Cc1ccc(S(=O)(=O)Nc2nc(C)c(NC(=O)Nn3cnnc3)s2)cc1. The number of hydrogen-bond donors (Lipinski definition) is 3. The van der Waals surface area contributed by atoms with Crippen LogP contribution in [0.2, 0.25) is 0 Å². The number of sulfonamides is 1. The van der Waals surface area contributed by atoms with Crippen LogP contribution < -0.4 is 15.5 Å². The van der Waals surface area contributed by atoms with Gasteiger partial charge in [0, 0.05) is 0 Å². The molecule has 0 spiro atoms. The van der Waals surface area contributed by atoms with Crippen LogP contribution in [0.5, 0.6) is 0 Å². The van der Waals surface area contributed by atoms with Crippen molar-refractivity contribution in [1.29, 1.82) is 0 Å². The molecule has 0 saturated heterocycles. The van der Waals surface area contributed by atoms with Gasteiger partial charge in [-0.1, -0.05) is 29.0 Å². The molecule has 12 heteroatoms. The second-order valence-corrected chi connectivity index (χ2v) is 7.97. The topological polar surface area (TPSA) is 131 Å². The number of hydrogen-bond acceptors (Lipinski definition) is 7. The van der Waals surface area contributed by atoms with E-state index in [2.05, 4.69) is 30.6 Å². The van der Waals surface area contributed by atoms with Crippen molar-refractivity contribution in [2.75, 3.05) is 15.5 Å². The molecule has 2 amide bonds. The van der Waals surface area contributed by atoms with E-state index < -0.39 is 16.1 Å². The molecule has 0 aliphatic rings. The second-order valence-electron chi connectivity index (χ2n) is 5.29. The molecule has 0 aliphatic heterocycles. The molecule has 3 N–H and O–H groups in total. The van der Waals surface area contributed by atoms with Crippen molar-refractivity contribution >= 4 is 37.5 Å². The fourth-order valence-electron chi connectivity index (χ4n) is 1.95. The van der Waals surface area contributed by atoms with Crippen LogP contribution in [0.15, 0.2) is 41.8 Å². The Kier molecular flexibility index (Phi) is 4.86. The number of nitrogens with one attached hydrogen (secondary N) is 3. The van der Waals surface area contributed by atoms with Gasteiger partial charge in [0.1, 0.15) is 17.7 Å². The van der Waals surface area contributed by atoms with Gasteiger partial charge < -0.3 is 0 Å². The quantitative estimate of drug-likeness (QED) is 0.607. The van der Waals surface area contributed by atoms with Crippen LogP contribution in [0.3, 0.4) is 0 Å². The van der Waals surface area contributed by atoms with Crippen LogP contribution in [0.4, 0.5) is 14.9 Å². The van der Waals surface area contributed by atoms with E-state index in [1.54, 1.807) is 19.1 Å². The molecule has 0 fully saturated rings. The number of urea groups is 1. The number of aryl methyl sites for hydroxylation is 2. The first-order valence-electron chi connectivity index (χ1n) is 7.33. The monoisotopic (exact) mass is 393 g/mol. The van der Waals surface area contributed by atoms with Crippen LogP contribution in [0, 0.1) is 13.8 Å². The van der Waals surface area contributed by atoms with Crippen molar-refractivity contribution in [3.63, 3.8) is 0 Å². The van der Waals surface area contributed by atoms with Crippen molar-refractivity contribution in [3.8, 4) is 0 Å². The summed E-state index contributed by atoms with van der Waals surface area (Å²) in [6.45, 7) is 3.53. The molecule has 0 atom stereocenters. The van der Waals surface area contributed by atoms with Crippen LogP contribution in [-0.4, -0.2) is 34.3 Å². The standard InChI is InChI=1S/C14H15N7O3S2/c1-9-3-5-11(6-4-9)26(23,24)20-14-17-10(2)12(25-14)18-13(22)19-21-7-15-16-8-21/h3-8H,1-2H3,(H,17,20)(H2,18,19,22). The van der Waals surface area contributed by atoms with E-state index in [-0.39, 0.29) is 10.0 Å². The van der Waals surface area contributed by atoms with Gasteiger partial charge in [-0.2, -0.15) is 0 Å². The van der Waals surface area contributed by atoms with E-state index >= 15 is 0 Å². The number of rotatable bonds is 5. The van der Waals surface area contributed by atoms with Crippen LogP contribution >= 0.6 is 11.3 Å². The van der Waals surface area contributed by atoms with E-state index in [1.807, 2.05) is 6.92 Å². The molecular formula is C14H15N7O3S2. The minimum Gasteiger partial charge on any atom is -0.296 e. The molecule has 3 aromatic rings. The molecule has 0 bridgehead atoms. The molecule has 0 radical (unpaired) electrons. The van der Waals surface area contributed by atoms with Gasteiger partial charge in [0.2, 0.25) is 0 Å². The Morgan fingerprint density at radius 1 is 1.12 bits per heavy atom. The lowest BCUT2D eigenvalue weighted by molar-refractivity contribution is 0.260. The molecule has 1 aromatic carbocycles. The maximum atomic E-state index is 12.4. The summed E-state index contributed by atoms with van der Waals surface area (Å²) in [5.41, 5.74) is 3.91. The third-order valence-electron chi connectivity index (χ3n) is 3.23. The molecule has 3 rings (SSSR count). The largest absolute Gasteiger partial charge is 0.339 e. The number of carbonyl (C=O) groups excluding carboxylic acids is 1. The highest BCUT2D eigenvalue weighted by molar-refractivity contribution is 7.93. The number of nitrogens with zero attached hydrogens (tertiary/aromatic N) is 4. The predicted molar refractivity (Wildman–Crippen MR) is 97.2 cm³/mol. The van der Waals surface area contributed by atoms with Crippen LogP contribution in [-0.2, 0) is 10.0 Å². The van der Waals surface area contributed by atoms with Gasteiger partial charge >= 0.3 is 6.03 Å². The Morgan fingerprint density at radius 3 is 2.42 bits per heavy atom. The Hall–Kier alpha value is -2.99. The summed E-state index contributed by atoms with van der Waals surface area (Å²) in [6.07, 6.45) is 2.64. The zero-order valence-corrected chi connectivity index (χ0v) is 15.4. The first kappa shape index (κ1) is 17.8. The number of benzene rings is 1. The van der Waals surface area contributed by atoms with E-state index in [4.69, 9.17) is 0 Å². The van der Waals surface area contributed by atoms with Gasteiger partial charge in [-0.05, 0) is 26.0 Å². The van der Waals surface area contributed by atoms with E-state index in [9.17, 15) is 13.2 Å². The molecule has 0 aliphatic carbocycles. The minimum atomic E-state index is -3.75. The van der Waals surface area contributed by atoms with Crippen LogP contribution in [0.1, 0.15) is 11.3 Å². The van der Waals surface area contributed by atoms with Gasteiger partial charge in [0.15, 0.2) is 5.13 Å². The summed E-state index contributed by atoms with van der Waals surface area (Å²) in [5, 5.41) is 10.3. The number of anilines is 2. The van der Waals surface area contributed by atoms with E-state index in [1.165, 1.54) is 29.5 Å². The highest BCUT2D eigenvalue weighted by atomic mass is 32.2. The molecule has 0 unspecified atom stereocenters. The van der Waals surface area contributed by atoms with Gasteiger partial charge in [-0.3, -0.25) is 10.0 Å². The fraction of sp³-hybridized carbons (Fsp3) is 0.143. The summed E-state index contributed by atoms with van der Waals surface area (Å²) in [4.78, 5) is 16.2. The lowest BCUT2D eigenvalue weighted by Gasteiger charge is -2.06. The molecular weight excluding hydrogens is 378 g/mol. The lowest BCUT2D eigenvalue weighted by atomic mass is 10.2. The zero-order valence-electron chi connectivity index (χ0n) is 13.8. The van der Waals surface area contributed by atoms with Gasteiger partial charge in [0.25, 0.3) is 10.0 Å². The number of thiazole rings is 1. The number of aromatic nitrogens is 4. The van der Waals surface area contributed by atoms with Crippen molar-refractivity contribution in [3.05, 3.63) is 48.2 Å². The average Bonchev–Trinajstić information content (AvgIpc) is 3.17. The molecule has 2 aromatic heterocycles. The third kappa shape index (κ3) is 4.15. The summed E-state index contributed by atoms with van der Waals surface area (Å²) in [6, 6.07) is 5.92. The summed E-state index contributed by atoms with van der Waals surface area (Å²) in [5.74, 6) is 0. The highest BCUT2D eigenvalue weighted by Gasteiger charge is 2.18. The molecule has 2 heterocycles. The smallest absolute Gasteiger partial charge is 0.296 e. The molecule has 136 valence electrons. The van der Waals surface area contributed by atoms with Crippen molar-refractivity contribution in [2.24, 2.45) is 0 Å². The summed E-state index contributed by atoms with van der Waals surface area (Å²) >= 11 is 1.01. The van der Waals surface area contributed by atoms with Crippen LogP contribution in [0.25, 0.3) is 0 Å². The average molecular weight is 393 g/mol. The first-order valence-corrected chi connectivity index (χ1v) is 9.63. The zero-order chi connectivity index (χ0) is 18.7. The van der Waals surface area contributed by atoms with Gasteiger partial charge in [-0.15, -0.1) is 10.2 Å². The van der Waals surface area contributed by atoms with E-state index in [0.717, 1.165) is 16.9 Å². The molecule has 10 nitrogen and oxygen atoms in total. The molecule has 26 heavy (non-hydrogen) atoms. The summed E-state index contributed by atoms with van der Waals surface area (Å²) in [7, 11) is -3.75. The number of amides is 2. The lowest BCUT2D eigenvalue weighted by Crippen LogP contribution is -2.26. The Balaban J connectivity index is 1.71.